The van der Waals surface area contributed by atoms with E-state index in [1.807, 2.05) is 7.05 Å². The molecule has 1 unspecified atom stereocenters. The van der Waals surface area contributed by atoms with Gasteiger partial charge in [-0.15, -0.1) is 0 Å². The molecule has 1 fully saturated rings. The summed E-state index contributed by atoms with van der Waals surface area (Å²) in [5, 5.41) is 10.7. The lowest BCUT2D eigenvalue weighted by atomic mass is 10.1. The van der Waals surface area contributed by atoms with Crippen LogP contribution in [-0.2, 0) is 6.54 Å². The van der Waals surface area contributed by atoms with Crippen LogP contribution in [0.25, 0.3) is 0 Å². The molecule has 0 amide bonds. The Hall–Kier alpha value is -1.53. The summed E-state index contributed by atoms with van der Waals surface area (Å²) in [6.07, 6.45) is 2.35. The second-order valence-electron chi connectivity index (χ2n) is 5.13. The summed E-state index contributed by atoms with van der Waals surface area (Å²) in [5.41, 5.74) is 6.15. The minimum atomic E-state index is -0.576. The van der Waals surface area contributed by atoms with E-state index < -0.39 is 10.7 Å². The lowest BCUT2D eigenvalue weighted by Gasteiger charge is -2.26. The molecule has 1 aliphatic rings. The zero-order valence-electron chi connectivity index (χ0n) is 10.9. The molecule has 0 aliphatic heterocycles. The van der Waals surface area contributed by atoms with Crippen molar-refractivity contribution in [3.63, 3.8) is 0 Å². The maximum atomic E-state index is 13.3. The molecule has 1 aromatic carbocycles. The normalized spacial score (nSPS) is 16.6. The van der Waals surface area contributed by atoms with Crippen molar-refractivity contribution in [3.8, 4) is 0 Å². The molecule has 0 radical (unpaired) electrons. The molecule has 0 bridgehead atoms. The average Bonchev–Trinajstić information content (AvgIpc) is 3.13. The van der Waals surface area contributed by atoms with E-state index in [9.17, 15) is 14.5 Å². The van der Waals surface area contributed by atoms with Crippen LogP contribution < -0.4 is 5.73 Å². The van der Waals surface area contributed by atoms with Crippen molar-refractivity contribution in [1.82, 2.24) is 4.90 Å². The first-order valence-electron chi connectivity index (χ1n) is 6.35. The first kappa shape index (κ1) is 13.9. The first-order valence-corrected chi connectivity index (χ1v) is 6.35. The monoisotopic (exact) mass is 267 g/mol. The van der Waals surface area contributed by atoms with Gasteiger partial charge in [0, 0.05) is 25.2 Å². The van der Waals surface area contributed by atoms with Gasteiger partial charge in [0.15, 0.2) is 0 Å². The van der Waals surface area contributed by atoms with Crippen molar-refractivity contribution >= 4 is 5.69 Å². The van der Waals surface area contributed by atoms with E-state index in [0.29, 0.717) is 24.6 Å². The third-order valence-corrected chi connectivity index (χ3v) is 3.56. The van der Waals surface area contributed by atoms with E-state index in [4.69, 9.17) is 5.73 Å². The van der Waals surface area contributed by atoms with Gasteiger partial charge in [-0.2, -0.15) is 0 Å². The molecule has 0 heterocycles. The Morgan fingerprint density at radius 2 is 2.21 bits per heavy atom. The van der Waals surface area contributed by atoms with Crippen molar-refractivity contribution in [2.75, 3.05) is 13.6 Å². The highest BCUT2D eigenvalue weighted by Crippen LogP contribution is 2.35. The van der Waals surface area contributed by atoms with Crippen molar-refractivity contribution < 1.29 is 9.31 Å². The highest BCUT2D eigenvalue weighted by atomic mass is 19.1. The number of nitrogens with zero attached hydrogens (tertiary/aromatic N) is 2. The maximum absolute atomic E-state index is 13.3. The van der Waals surface area contributed by atoms with Gasteiger partial charge in [0.2, 0.25) is 0 Å². The second-order valence-corrected chi connectivity index (χ2v) is 5.13. The number of halogens is 1. The van der Waals surface area contributed by atoms with E-state index in [2.05, 4.69) is 4.90 Å². The zero-order valence-corrected chi connectivity index (χ0v) is 10.9. The van der Waals surface area contributed by atoms with E-state index in [-0.39, 0.29) is 11.7 Å². The minimum Gasteiger partial charge on any atom is -0.329 e. The third kappa shape index (κ3) is 3.48. The van der Waals surface area contributed by atoms with Gasteiger partial charge in [-0.25, -0.2) is 4.39 Å². The topological polar surface area (TPSA) is 72.4 Å². The Morgan fingerprint density at radius 3 is 2.74 bits per heavy atom. The van der Waals surface area contributed by atoms with Crippen LogP contribution >= 0.6 is 0 Å². The average molecular weight is 267 g/mol. The summed E-state index contributed by atoms with van der Waals surface area (Å²) in [7, 11) is 1.92. The molecule has 19 heavy (non-hydrogen) atoms. The van der Waals surface area contributed by atoms with Crippen LogP contribution in [0.1, 0.15) is 18.4 Å². The van der Waals surface area contributed by atoms with Gasteiger partial charge in [0.1, 0.15) is 5.82 Å². The highest BCUT2D eigenvalue weighted by molar-refractivity contribution is 5.35. The number of hydrogen-bond acceptors (Lipinski definition) is 4. The number of non-ortho nitro benzene ring substituents is 1. The van der Waals surface area contributed by atoms with Gasteiger partial charge in [0.25, 0.3) is 5.69 Å². The molecule has 2 N–H and O–H groups in total. The Morgan fingerprint density at radius 1 is 1.53 bits per heavy atom. The summed E-state index contributed by atoms with van der Waals surface area (Å²) in [6.45, 7) is 1.02. The summed E-state index contributed by atoms with van der Waals surface area (Å²) in [6, 6.07) is 3.96. The number of likely N-dealkylation sites (N-methyl/N-ethyl adjacent to an activating group) is 1. The van der Waals surface area contributed by atoms with E-state index in [1.165, 1.54) is 25.0 Å². The van der Waals surface area contributed by atoms with Gasteiger partial charge in [-0.3, -0.25) is 15.0 Å². The predicted octanol–water partition coefficient (Wildman–Crippen LogP) is 1.90. The number of hydrogen-bond donors (Lipinski definition) is 1. The van der Waals surface area contributed by atoms with Crippen LogP contribution in [0.2, 0.25) is 0 Å². The van der Waals surface area contributed by atoms with Crippen LogP contribution in [0.5, 0.6) is 0 Å². The molecule has 5 nitrogen and oxygen atoms in total. The van der Waals surface area contributed by atoms with Crippen molar-refractivity contribution in [1.29, 1.82) is 0 Å². The summed E-state index contributed by atoms with van der Waals surface area (Å²) in [4.78, 5) is 12.2. The third-order valence-electron chi connectivity index (χ3n) is 3.56. The Balaban J connectivity index is 2.11. The number of rotatable bonds is 6. The predicted molar refractivity (Wildman–Crippen MR) is 70.1 cm³/mol. The minimum absolute atomic E-state index is 0.209. The van der Waals surface area contributed by atoms with Crippen LogP contribution in [0, 0.1) is 21.8 Å². The molecule has 1 saturated carbocycles. The SMILES string of the molecule is CN(Cc1cc(F)cc([N+](=O)[O-])c1)C(CN)C1CC1. The van der Waals surface area contributed by atoms with Gasteiger partial charge in [-0.1, -0.05) is 0 Å². The highest BCUT2D eigenvalue weighted by Gasteiger charge is 2.32. The molecule has 6 heteroatoms. The Labute approximate surface area is 111 Å². The summed E-state index contributed by atoms with van der Waals surface area (Å²) >= 11 is 0. The van der Waals surface area contributed by atoms with Gasteiger partial charge in [0.05, 0.1) is 11.0 Å². The lowest BCUT2D eigenvalue weighted by molar-refractivity contribution is -0.385. The van der Waals surface area contributed by atoms with Crippen molar-refractivity contribution in [3.05, 3.63) is 39.7 Å². The van der Waals surface area contributed by atoms with Crippen molar-refractivity contribution in [2.45, 2.75) is 25.4 Å². The molecule has 2 rings (SSSR count). The molecular weight excluding hydrogens is 249 g/mol. The number of benzene rings is 1. The maximum Gasteiger partial charge on any atom is 0.272 e. The van der Waals surface area contributed by atoms with Crippen LogP contribution in [0.4, 0.5) is 10.1 Å². The van der Waals surface area contributed by atoms with Gasteiger partial charge in [-0.05, 0) is 37.4 Å². The second kappa shape index (κ2) is 5.63. The quantitative estimate of drug-likeness (QED) is 0.631. The lowest BCUT2D eigenvalue weighted by Crippen LogP contribution is -2.39. The van der Waals surface area contributed by atoms with Crippen LogP contribution in [0.15, 0.2) is 18.2 Å². The molecular formula is C13H18FN3O2. The number of nitro benzene ring substituents is 1. The molecule has 0 saturated heterocycles. The molecule has 0 spiro atoms. The fourth-order valence-electron chi connectivity index (χ4n) is 2.45. The molecule has 1 atom stereocenters. The van der Waals surface area contributed by atoms with Gasteiger partial charge < -0.3 is 5.73 Å². The fourth-order valence-corrected chi connectivity index (χ4v) is 2.45. The van der Waals surface area contributed by atoms with Crippen LogP contribution in [-0.4, -0.2) is 29.5 Å². The first-order chi connectivity index (χ1) is 9.01. The smallest absolute Gasteiger partial charge is 0.272 e. The van der Waals surface area contributed by atoms with Gasteiger partial charge >= 0.3 is 0 Å². The van der Waals surface area contributed by atoms with Crippen molar-refractivity contribution in [2.24, 2.45) is 11.7 Å². The molecule has 1 aliphatic carbocycles. The Kier molecular flexibility index (Phi) is 4.11. The van der Waals surface area contributed by atoms with Crippen LogP contribution in [0.3, 0.4) is 0 Å². The Bertz CT molecular complexity index is 477. The van der Waals surface area contributed by atoms with E-state index >= 15 is 0 Å². The number of nitrogens with two attached hydrogens (primary N) is 1. The standard InChI is InChI=1S/C13H18FN3O2/c1-16(13(7-15)10-2-3-10)8-9-4-11(14)6-12(5-9)17(18)19/h4-6,10,13H,2-3,7-8,15H2,1H3. The molecule has 0 aromatic heterocycles. The summed E-state index contributed by atoms with van der Waals surface area (Å²) in [5.74, 6) is 0.0341. The number of nitro groups is 1. The van der Waals surface area contributed by atoms with E-state index in [1.54, 1.807) is 0 Å². The molecule has 1 aromatic rings. The van der Waals surface area contributed by atoms with E-state index in [0.717, 1.165) is 6.07 Å². The largest absolute Gasteiger partial charge is 0.329 e. The molecule has 104 valence electrons. The zero-order chi connectivity index (χ0) is 14.0. The summed E-state index contributed by atoms with van der Waals surface area (Å²) < 4.78 is 13.3. The fraction of sp³-hybridized carbons (Fsp3) is 0.538.